The molecule has 3 heteroatoms. The minimum absolute atomic E-state index is 0.737. The van der Waals surface area contributed by atoms with E-state index in [-0.39, 0.29) is 0 Å². The predicted molar refractivity (Wildman–Crippen MR) is 58.5 cm³/mol. The van der Waals surface area contributed by atoms with Crippen LogP contribution < -0.4 is 4.74 Å². The zero-order valence-electron chi connectivity index (χ0n) is 8.03. The largest absolute Gasteiger partial charge is 0.496 e. The van der Waals surface area contributed by atoms with Crippen molar-refractivity contribution in [3.05, 3.63) is 28.6 Å². The summed E-state index contributed by atoms with van der Waals surface area (Å²) in [5, 5.41) is 3.00. The molecule has 14 heavy (non-hydrogen) atoms. The van der Waals surface area contributed by atoms with Gasteiger partial charge in [0.05, 0.1) is 7.11 Å². The molecule has 0 fully saturated rings. The lowest BCUT2D eigenvalue weighted by Crippen LogP contribution is -1.92. The van der Waals surface area contributed by atoms with Gasteiger partial charge in [0.15, 0.2) is 6.29 Å². The summed E-state index contributed by atoms with van der Waals surface area (Å²) >= 11 is 1.62. The van der Waals surface area contributed by atoms with Gasteiger partial charge in [-0.1, -0.05) is 0 Å². The monoisotopic (exact) mass is 206 g/mol. The van der Waals surface area contributed by atoms with E-state index in [9.17, 15) is 4.79 Å². The number of carbonyl (C=O) groups is 1. The number of hydrogen-bond acceptors (Lipinski definition) is 3. The smallest absolute Gasteiger partial charge is 0.151 e. The van der Waals surface area contributed by atoms with Gasteiger partial charge < -0.3 is 4.74 Å². The molecule has 2 rings (SSSR count). The Balaban J connectivity index is 2.87. The molecular formula is C11H10O2S. The van der Waals surface area contributed by atoms with Gasteiger partial charge in [0.2, 0.25) is 0 Å². The lowest BCUT2D eigenvalue weighted by atomic mass is 10.0. The van der Waals surface area contributed by atoms with Crippen molar-refractivity contribution in [2.24, 2.45) is 0 Å². The fraction of sp³-hybridized carbons (Fsp3) is 0.182. The van der Waals surface area contributed by atoms with Crippen molar-refractivity contribution in [3.8, 4) is 5.75 Å². The molecule has 0 aliphatic heterocycles. The zero-order chi connectivity index (χ0) is 10.1. The molecule has 0 spiro atoms. The molecule has 2 nitrogen and oxygen atoms in total. The van der Waals surface area contributed by atoms with Gasteiger partial charge in [-0.25, -0.2) is 0 Å². The first kappa shape index (κ1) is 9.21. The molecule has 0 radical (unpaired) electrons. The van der Waals surface area contributed by atoms with Crippen LogP contribution in [0.4, 0.5) is 0 Å². The van der Waals surface area contributed by atoms with Crippen molar-refractivity contribution in [2.45, 2.75) is 6.92 Å². The average molecular weight is 206 g/mol. The lowest BCUT2D eigenvalue weighted by Gasteiger charge is -2.07. The first-order valence-corrected chi connectivity index (χ1v) is 5.16. The van der Waals surface area contributed by atoms with Gasteiger partial charge in [-0.2, -0.15) is 0 Å². The molecule has 0 saturated carbocycles. The van der Waals surface area contributed by atoms with Crippen LogP contribution in [0.3, 0.4) is 0 Å². The molecule has 0 aliphatic rings. The molecular weight excluding hydrogens is 196 g/mol. The van der Waals surface area contributed by atoms with Crippen LogP contribution in [-0.4, -0.2) is 13.4 Å². The fourth-order valence-corrected chi connectivity index (χ4v) is 2.41. The van der Waals surface area contributed by atoms with Crippen LogP contribution >= 0.6 is 11.3 Å². The SMILES string of the molecule is COc1cc2sccc2c(C=O)c1C. The minimum atomic E-state index is 0.737. The van der Waals surface area contributed by atoms with Gasteiger partial charge in [-0.15, -0.1) is 11.3 Å². The summed E-state index contributed by atoms with van der Waals surface area (Å²) in [5.41, 5.74) is 1.65. The van der Waals surface area contributed by atoms with E-state index in [4.69, 9.17) is 4.74 Å². The van der Waals surface area contributed by atoms with Crippen LogP contribution in [0.5, 0.6) is 5.75 Å². The summed E-state index contributed by atoms with van der Waals surface area (Å²) in [7, 11) is 1.62. The number of aldehydes is 1. The van der Waals surface area contributed by atoms with E-state index in [1.165, 1.54) is 0 Å². The van der Waals surface area contributed by atoms with Crippen molar-refractivity contribution in [2.75, 3.05) is 7.11 Å². The van der Waals surface area contributed by atoms with E-state index in [1.807, 2.05) is 24.4 Å². The molecule has 0 saturated heterocycles. The zero-order valence-corrected chi connectivity index (χ0v) is 8.85. The van der Waals surface area contributed by atoms with Gasteiger partial charge in [-0.3, -0.25) is 4.79 Å². The maximum absolute atomic E-state index is 11.0. The highest BCUT2D eigenvalue weighted by atomic mass is 32.1. The number of rotatable bonds is 2. The Labute approximate surface area is 86.1 Å². The summed E-state index contributed by atoms with van der Waals surface area (Å²) in [5.74, 6) is 0.780. The molecule has 0 N–H and O–H groups in total. The van der Waals surface area contributed by atoms with E-state index < -0.39 is 0 Å². The van der Waals surface area contributed by atoms with Crippen LogP contribution in [0, 0.1) is 6.92 Å². The lowest BCUT2D eigenvalue weighted by molar-refractivity contribution is 0.112. The third-order valence-electron chi connectivity index (χ3n) is 2.36. The summed E-state index contributed by atoms with van der Waals surface area (Å²) < 4.78 is 6.30. The first-order valence-electron chi connectivity index (χ1n) is 4.28. The standard InChI is InChI=1S/C11H10O2S/c1-7-9(6-12)8-3-4-14-11(8)5-10(7)13-2/h3-6H,1-2H3. The number of ether oxygens (including phenoxy) is 1. The Kier molecular flexibility index (Phi) is 2.25. The van der Waals surface area contributed by atoms with E-state index >= 15 is 0 Å². The van der Waals surface area contributed by atoms with Gasteiger partial charge in [-0.05, 0) is 24.4 Å². The number of thiophene rings is 1. The third kappa shape index (κ3) is 1.21. The number of carbonyl (C=O) groups excluding carboxylic acids is 1. The Morgan fingerprint density at radius 1 is 1.50 bits per heavy atom. The van der Waals surface area contributed by atoms with Crippen LogP contribution in [0.15, 0.2) is 17.5 Å². The van der Waals surface area contributed by atoms with Gasteiger partial charge in [0, 0.05) is 21.2 Å². The Morgan fingerprint density at radius 3 is 2.93 bits per heavy atom. The molecule has 72 valence electrons. The van der Waals surface area contributed by atoms with E-state index in [0.717, 1.165) is 33.2 Å². The summed E-state index contributed by atoms with van der Waals surface area (Å²) in [4.78, 5) is 11.0. The normalized spacial score (nSPS) is 10.4. The Morgan fingerprint density at radius 2 is 2.29 bits per heavy atom. The molecule has 0 unspecified atom stereocenters. The van der Waals surface area contributed by atoms with Crippen LogP contribution in [0.2, 0.25) is 0 Å². The molecule has 1 heterocycles. The maximum atomic E-state index is 11.0. The summed E-state index contributed by atoms with van der Waals surface area (Å²) in [6.45, 7) is 1.90. The number of methoxy groups -OCH3 is 1. The molecule has 0 atom stereocenters. The quantitative estimate of drug-likeness (QED) is 0.706. The first-order chi connectivity index (χ1) is 6.77. The average Bonchev–Trinajstić information content (AvgIpc) is 2.64. The van der Waals surface area contributed by atoms with Gasteiger partial charge >= 0.3 is 0 Å². The Bertz CT molecular complexity index is 485. The molecule has 1 aromatic heterocycles. The van der Waals surface area contributed by atoms with E-state index in [2.05, 4.69) is 0 Å². The van der Waals surface area contributed by atoms with Crippen molar-refractivity contribution in [1.82, 2.24) is 0 Å². The van der Waals surface area contributed by atoms with Crippen molar-refractivity contribution in [1.29, 1.82) is 0 Å². The molecule has 0 amide bonds. The third-order valence-corrected chi connectivity index (χ3v) is 3.22. The van der Waals surface area contributed by atoms with E-state index in [1.54, 1.807) is 18.4 Å². The molecule has 1 aromatic carbocycles. The molecule has 2 aromatic rings. The van der Waals surface area contributed by atoms with Gasteiger partial charge in [0.1, 0.15) is 5.75 Å². The van der Waals surface area contributed by atoms with Crippen molar-refractivity contribution < 1.29 is 9.53 Å². The van der Waals surface area contributed by atoms with E-state index in [0.29, 0.717) is 0 Å². The minimum Gasteiger partial charge on any atom is -0.496 e. The van der Waals surface area contributed by atoms with Crippen molar-refractivity contribution in [3.63, 3.8) is 0 Å². The number of fused-ring (bicyclic) bond motifs is 1. The topological polar surface area (TPSA) is 26.3 Å². The maximum Gasteiger partial charge on any atom is 0.151 e. The highest BCUT2D eigenvalue weighted by Gasteiger charge is 2.10. The Hall–Kier alpha value is -1.35. The van der Waals surface area contributed by atoms with Gasteiger partial charge in [0.25, 0.3) is 0 Å². The summed E-state index contributed by atoms with van der Waals surface area (Å²) in [6, 6.07) is 3.94. The predicted octanol–water partition coefficient (Wildman–Crippen LogP) is 3.03. The summed E-state index contributed by atoms with van der Waals surface area (Å²) in [6.07, 6.45) is 0.896. The molecule has 0 bridgehead atoms. The van der Waals surface area contributed by atoms with Crippen LogP contribution in [-0.2, 0) is 0 Å². The number of hydrogen-bond donors (Lipinski definition) is 0. The highest BCUT2D eigenvalue weighted by molar-refractivity contribution is 7.17. The molecule has 0 aliphatic carbocycles. The second-order valence-electron chi connectivity index (χ2n) is 3.07. The second-order valence-corrected chi connectivity index (χ2v) is 4.02. The number of benzene rings is 1. The highest BCUT2D eigenvalue weighted by Crippen LogP contribution is 2.32. The second kappa shape index (κ2) is 3.42. The van der Waals surface area contributed by atoms with Crippen molar-refractivity contribution >= 4 is 27.7 Å². The van der Waals surface area contributed by atoms with Crippen LogP contribution in [0.1, 0.15) is 15.9 Å². The fourth-order valence-electron chi connectivity index (χ4n) is 1.58. The van der Waals surface area contributed by atoms with Crippen LogP contribution in [0.25, 0.3) is 10.1 Å².